The fraction of sp³-hybridized carbons (Fsp3) is 0.778. The Kier molecular flexibility index (Phi) is 3.05. The van der Waals surface area contributed by atoms with Crippen molar-refractivity contribution < 1.29 is 14.2 Å². The minimum atomic E-state index is -0.537. The number of likely N-dealkylation sites (N-methyl/N-ethyl adjacent to an activating group) is 1. The van der Waals surface area contributed by atoms with Crippen molar-refractivity contribution in [1.82, 2.24) is 4.90 Å². The molecule has 1 rings (SSSR count). The molecular formula is C9H16FNO2. The average molecular weight is 189 g/mol. The van der Waals surface area contributed by atoms with Crippen molar-refractivity contribution in [1.29, 1.82) is 0 Å². The van der Waals surface area contributed by atoms with Crippen LogP contribution in [-0.4, -0.2) is 42.0 Å². The number of hydrogen-bond donors (Lipinski definition) is 1. The molecule has 0 saturated carbocycles. The summed E-state index contributed by atoms with van der Waals surface area (Å²) in [5, 5.41) is 8.51. The first-order chi connectivity index (χ1) is 5.97. The van der Waals surface area contributed by atoms with Crippen molar-refractivity contribution in [2.45, 2.75) is 25.6 Å². The van der Waals surface area contributed by atoms with Gasteiger partial charge in [0, 0.05) is 0 Å². The zero-order valence-electron chi connectivity index (χ0n) is 8.25. The fourth-order valence-electron chi connectivity index (χ4n) is 1.32. The Hall–Kier alpha value is -0.450. The summed E-state index contributed by atoms with van der Waals surface area (Å²) in [7, 11) is 1.87. The number of halogens is 1. The molecule has 0 bridgehead atoms. The maximum absolute atomic E-state index is 12.7. The zero-order valence-corrected chi connectivity index (χ0v) is 8.25. The van der Waals surface area contributed by atoms with Gasteiger partial charge in [0.1, 0.15) is 11.6 Å². The van der Waals surface area contributed by atoms with Crippen LogP contribution in [-0.2, 0) is 4.74 Å². The van der Waals surface area contributed by atoms with Crippen LogP contribution in [0.2, 0.25) is 0 Å². The second-order valence-corrected chi connectivity index (χ2v) is 3.71. The van der Waals surface area contributed by atoms with Crippen molar-refractivity contribution >= 4 is 0 Å². The van der Waals surface area contributed by atoms with E-state index in [2.05, 4.69) is 0 Å². The van der Waals surface area contributed by atoms with Crippen LogP contribution in [0.25, 0.3) is 0 Å². The van der Waals surface area contributed by atoms with E-state index in [1.165, 1.54) is 6.08 Å². The Labute approximate surface area is 77.8 Å². The van der Waals surface area contributed by atoms with Gasteiger partial charge in [-0.1, -0.05) is 0 Å². The molecule has 1 aliphatic rings. The Bertz CT molecular complexity index is 216. The summed E-state index contributed by atoms with van der Waals surface area (Å²) < 4.78 is 18.2. The molecule has 1 heterocycles. The molecule has 1 atom stereocenters. The predicted molar refractivity (Wildman–Crippen MR) is 47.9 cm³/mol. The molecule has 0 unspecified atom stereocenters. The lowest BCUT2D eigenvalue weighted by molar-refractivity contribution is -0.0402. The number of aliphatic hydroxyl groups excluding tert-OH is 1. The Morgan fingerprint density at radius 1 is 1.77 bits per heavy atom. The number of aliphatic hydroxyl groups is 1. The smallest absolute Gasteiger partial charge is 0.123 e. The molecule has 3 nitrogen and oxygen atoms in total. The lowest BCUT2D eigenvalue weighted by atomic mass is 10.2. The standard InChI is InChI=1S/C9H16FNO2/c1-9(2)11(3)8(6-13-9)4-7(10)5-12/h4,8,12H,5-6H2,1-3H3/b7-4+/t8-/m0/s1. The minimum absolute atomic E-state index is 0.0813. The second kappa shape index (κ2) is 3.74. The zero-order chi connectivity index (χ0) is 10.1. The highest BCUT2D eigenvalue weighted by Gasteiger charge is 2.36. The highest BCUT2D eigenvalue weighted by molar-refractivity contribution is 5.03. The number of rotatable bonds is 2. The third-order valence-corrected chi connectivity index (χ3v) is 2.48. The minimum Gasteiger partial charge on any atom is -0.389 e. The normalized spacial score (nSPS) is 29.6. The molecule has 0 amide bonds. The van der Waals surface area contributed by atoms with Crippen molar-refractivity contribution in [3.8, 4) is 0 Å². The van der Waals surface area contributed by atoms with Crippen molar-refractivity contribution in [3.63, 3.8) is 0 Å². The highest BCUT2D eigenvalue weighted by atomic mass is 19.1. The van der Waals surface area contributed by atoms with Gasteiger partial charge in [-0.05, 0) is 27.0 Å². The molecule has 1 aliphatic heterocycles. The van der Waals surface area contributed by atoms with Gasteiger partial charge in [0.25, 0.3) is 0 Å². The third kappa shape index (κ3) is 2.27. The maximum atomic E-state index is 12.7. The van der Waals surface area contributed by atoms with Gasteiger partial charge in [0.05, 0.1) is 19.3 Å². The highest BCUT2D eigenvalue weighted by Crippen LogP contribution is 2.26. The van der Waals surface area contributed by atoms with Gasteiger partial charge in [-0.25, -0.2) is 4.39 Å². The van der Waals surface area contributed by atoms with Gasteiger partial charge >= 0.3 is 0 Å². The van der Waals surface area contributed by atoms with E-state index >= 15 is 0 Å². The quantitative estimate of drug-likeness (QED) is 0.700. The molecule has 0 aromatic rings. The second-order valence-electron chi connectivity index (χ2n) is 3.71. The fourth-order valence-corrected chi connectivity index (χ4v) is 1.32. The molecule has 13 heavy (non-hydrogen) atoms. The van der Waals surface area contributed by atoms with Gasteiger partial charge in [0.15, 0.2) is 0 Å². The van der Waals surface area contributed by atoms with E-state index in [0.717, 1.165) is 0 Å². The van der Waals surface area contributed by atoms with Gasteiger partial charge < -0.3 is 9.84 Å². The Morgan fingerprint density at radius 2 is 2.38 bits per heavy atom. The van der Waals surface area contributed by atoms with E-state index in [-0.39, 0.29) is 11.8 Å². The summed E-state index contributed by atoms with van der Waals surface area (Å²) in [5.74, 6) is -0.502. The van der Waals surface area contributed by atoms with E-state index in [1.54, 1.807) is 0 Å². The molecule has 1 N–H and O–H groups in total. The van der Waals surface area contributed by atoms with Crippen LogP contribution in [0.3, 0.4) is 0 Å². The van der Waals surface area contributed by atoms with E-state index in [9.17, 15) is 4.39 Å². The molecule has 0 aliphatic carbocycles. The van der Waals surface area contributed by atoms with Crippen LogP contribution in [0.1, 0.15) is 13.8 Å². The molecule has 0 aromatic carbocycles. The summed E-state index contributed by atoms with van der Waals surface area (Å²) in [4.78, 5) is 1.93. The molecule has 76 valence electrons. The molecule has 4 heteroatoms. The Morgan fingerprint density at radius 3 is 2.77 bits per heavy atom. The number of nitrogens with zero attached hydrogens (tertiary/aromatic N) is 1. The predicted octanol–water partition coefficient (Wildman–Crippen LogP) is 0.899. The third-order valence-electron chi connectivity index (χ3n) is 2.48. The number of ether oxygens (including phenoxy) is 1. The monoisotopic (exact) mass is 189 g/mol. The SMILES string of the molecule is CN1[C@@H](/C=C(/F)CO)COC1(C)C. The van der Waals surface area contributed by atoms with Crippen LogP contribution in [0.4, 0.5) is 4.39 Å². The first-order valence-electron chi connectivity index (χ1n) is 4.31. The summed E-state index contributed by atoms with van der Waals surface area (Å²) in [5.41, 5.74) is -0.350. The molecule has 1 fully saturated rings. The molecule has 0 aromatic heterocycles. The summed E-state index contributed by atoms with van der Waals surface area (Å²) >= 11 is 0. The topological polar surface area (TPSA) is 32.7 Å². The first kappa shape index (κ1) is 10.6. The van der Waals surface area contributed by atoms with Crippen molar-refractivity contribution in [2.75, 3.05) is 20.3 Å². The van der Waals surface area contributed by atoms with E-state index in [4.69, 9.17) is 9.84 Å². The van der Waals surface area contributed by atoms with Crippen LogP contribution in [0.5, 0.6) is 0 Å². The van der Waals surface area contributed by atoms with E-state index in [1.807, 2.05) is 25.8 Å². The van der Waals surface area contributed by atoms with Crippen LogP contribution in [0, 0.1) is 0 Å². The van der Waals surface area contributed by atoms with Crippen molar-refractivity contribution in [2.24, 2.45) is 0 Å². The van der Waals surface area contributed by atoms with Crippen LogP contribution >= 0.6 is 0 Å². The van der Waals surface area contributed by atoms with Crippen LogP contribution < -0.4 is 0 Å². The molecular weight excluding hydrogens is 173 g/mol. The molecule has 1 saturated heterocycles. The molecule has 0 radical (unpaired) electrons. The van der Waals surface area contributed by atoms with E-state index < -0.39 is 12.4 Å². The number of hydrogen-bond acceptors (Lipinski definition) is 3. The van der Waals surface area contributed by atoms with Crippen LogP contribution in [0.15, 0.2) is 11.9 Å². The largest absolute Gasteiger partial charge is 0.389 e. The first-order valence-corrected chi connectivity index (χ1v) is 4.31. The van der Waals surface area contributed by atoms with Gasteiger partial charge in [-0.3, -0.25) is 4.90 Å². The lowest BCUT2D eigenvalue weighted by Crippen LogP contribution is -2.39. The van der Waals surface area contributed by atoms with Gasteiger partial charge in [0.2, 0.25) is 0 Å². The summed E-state index contributed by atoms with van der Waals surface area (Å²) in [6.45, 7) is 3.79. The average Bonchev–Trinajstić information content (AvgIpc) is 2.32. The Balaban J connectivity index is 2.66. The maximum Gasteiger partial charge on any atom is 0.123 e. The lowest BCUT2D eigenvalue weighted by Gasteiger charge is -2.28. The van der Waals surface area contributed by atoms with Gasteiger partial charge in [-0.15, -0.1) is 0 Å². The van der Waals surface area contributed by atoms with Crippen molar-refractivity contribution in [3.05, 3.63) is 11.9 Å². The summed E-state index contributed by atoms with van der Waals surface area (Å²) in [6, 6.07) is -0.0813. The van der Waals surface area contributed by atoms with Gasteiger partial charge in [-0.2, -0.15) is 0 Å². The van der Waals surface area contributed by atoms with E-state index in [0.29, 0.717) is 6.61 Å². The summed E-state index contributed by atoms with van der Waals surface area (Å²) in [6.07, 6.45) is 1.40. The molecule has 0 spiro atoms.